The third-order valence-electron chi connectivity index (χ3n) is 2.55. The highest BCUT2D eigenvalue weighted by Gasteiger charge is 2.16. The lowest BCUT2D eigenvalue weighted by Gasteiger charge is -2.24. The molecule has 0 amide bonds. The highest BCUT2D eigenvalue weighted by atomic mass is 32.1. The monoisotopic (exact) mass is 238 g/mol. The van der Waals surface area contributed by atoms with Gasteiger partial charge in [0.25, 0.3) is 0 Å². The molecule has 1 aromatic rings. The van der Waals surface area contributed by atoms with Crippen molar-refractivity contribution in [3.8, 4) is 0 Å². The van der Waals surface area contributed by atoms with Crippen LogP contribution in [-0.4, -0.2) is 34.4 Å². The van der Waals surface area contributed by atoms with Gasteiger partial charge in [0.05, 0.1) is 11.8 Å². The topological polar surface area (TPSA) is 73.1 Å². The fraction of sp³-hybridized carbons (Fsp3) is 0.500. The molecule has 0 spiro atoms. The van der Waals surface area contributed by atoms with E-state index in [2.05, 4.69) is 15.5 Å². The van der Waals surface area contributed by atoms with Gasteiger partial charge in [0, 0.05) is 19.3 Å². The van der Waals surface area contributed by atoms with E-state index in [0.29, 0.717) is 16.8 Å². The number of nitrogens with one attached hydrogen (secondary N) is 1. The summed E-state index contributed by atoms with van der Waals surface area (Å²) in [7, 11) is 0. The van der Waals surface area contributed by atoms with Gasteiger partial charge in [-0.3, -0.25) is 0 Å². The lowest BCUT2D eigenvalue weighted by atomic mass is 10.1. The van der Waals surface area contributed by atoms with Crippen molar-refractivity contribution >= 4 is 23.0 Å². The molecule has 16 heavy (non-hydrogen) atoms. The molecule has 86 valence electrons. The standard InChI is InChI=1S/C10H14N4OS/c11-9(16)8-1-4-12-14-10(8)13-7-2-5-15-6-3-7/h1,4,7H,2-3,5-6H2,(H2,11,16)(H,13,14). The molecule has 1 saturated heterocycles. The van der Waals surface area contributed by atoms with Gasteiger partial charge in [-0.15, -0.1) is 5.10 Å². The van der Waals surface area contributed by atoms with E-state index in [1.54, 1.807) is 12.3 Å². The van der Waals surface area contributed by atoms with Crippen LogP contribution in [0.1, 0.15) is 18.4 Å². The van der Waals surface area contributed by atoms with Crippen molar-refractivity contribution in [1.82, 2.24) is 10.2 Å². The van der Waals surface area contributed by atoms with Crippen LogP contribution >= 0.6 is 12.2 Å². The second-order valence-electron chi connectivity index (χ2n) is 3.69. The smallest absolute Gasteiger partial charge is 0.159 e. The normalized spacial score (nSPS) is 17.0. The summed E-state index contributed by atoms with van der Waals surface area (Å²) in [6.45, 7) is 1.56. The Labute approximate surface area is 99.4 Å². The Balaban J connectivity index is 2.10. The molecule has 3 N–H and O–H groups in total. The Hall–Kier alpha value is -1.27. The van der Waals surface area contributed by atoms with E-state index >= 15 is 0 Å². The second kappa shape index (κ2) is 5.18. The maximum Gasteiger partial charge on any atom is 0.159 e. The Morgan fingerprint density at radius 3 is 2.94 bits per heavy atom. The number of nitrogens with two attached hydrogens (primary N) is 1. The fourth-order valence-electron chi connectivity index (χ4n) is 1.67. The van der Waals surface area contributed by atoms with Gasteiger partial charge in [-0.2, -0.15) is 5.10 Å². The van der Waals surface area contributed by atoms with E-state index in [4.69, 9.17) is 22.7 Å². The first-order valence-corrected chi connectivity index (χ1v) is 5.64. The molecule has 0 atom stereocenters. The van der Waals surface area contributed by atoms with Crippen molar-refractivity contribution in [1.29, 1.82) is 0 Å². The average molecular weight is 238 g/mol. The summed E-state index contributed by atoms with van der Waals surface area (Å²) in [4.78, 5) is 0.337. The largest absolute Gasteiger partial charge is 0.389 e. The number of aromatic nitrogens is 2. The summed E-state index contributed by atoms with van der Waals surface area (Å²) in [6, 6.07) is 2.13. The minimum Gasteiger partial charge on any atom is -0.389 e. The van der Waals surface area contributed by atoms with E-state index in [1.807, 2.05) is 0 Å². The van der Waals surface area contributed by atoms with E-state index in [9.17, 15) is 0 Å². The van der Waals surface area contributed by atoms with E-state index in [0.717, 1.165) is 31.6 Å². The molecule has 0 unspecified atom stereocenters. The third kappa shape index (κ3) is 2.65. The van der Waals surface area contributed by atoms with Crippen LogP contribution in [0.4, 0.5) is 5.82 Å². The molecular formula is C10H14N4OS. The zero-order chi connectivity index (χ0) is 11.4. The highest BCUT2D eigenvalue weighted by Crippen LogP contribution is 2.16. The van der Waals surface area contributed by atoms with Gasteiger partial charge in [-0.05, 0) is 18.9 Å². The SMILES string of the molecule is NC(=S)c1ccnnc1NC1CCOCC1. The number of ether oxygens (including phenoxy) is 1. The molecule has 0 bridgehead atoms. The van der Waals surface area contributed by atoms with E-state index in [-0.39, 0.29) is 0 Å². The lowest BCUT2D eigenvalue weighted by Crippen LogP contribution is -2.29. The molecule has 0 radical (unpaired) electrons. The van der Waals surface area contributed by atoms with Gasteiger partial charge >= 0.3 is 0 Å². The first-order valence-electron chi connectivity index (χ1n) is 5.23. The number of hydrogen-bond acceptors (Lipinski definition) is 5. The third-order valence-corrected chi connectivity index (χ3v) is 2.77. The summed E-state index contributed by atoms with van der Waals surface area (Å²) in [6.07, 6.45) is 3.52. The summed E-state index contributed by atoms with van der Waals surface area (Å²) >= 11 is 4.96. The van der Waals surface area contributed by atoms with Crippen LogP contribution < -0.4 is 11.1 Å². The van der Waals surface area contributed by atoms with Gasteiger partial charge in [0.15, 0.2) is 5.82 Å². The number of hydrogen-bond donors (Lipinski definition) is 2. The van der Waals surface area contributed by atoms with Crippen molar-refractivity contribution in [2.75, 3.05) is 18.5 Å². The highest BCUT2D eigenvalue weighted by molar-refractivity contribution is 7.80. The lowest BCUT2D eigenvalue weighted by molar-refractivity contribution is 0.0903. The maximum absolute atomic E-state index is 5.62. The van der Waals surface area contributed by atoms with Crippen LogP contribution in [0.2, 0.25) is 0 Å². The molecule has 1 fully saturated rings. The Bertz CT molecular complexity index is 379. The predicted molar refractivity (Wildman–Crippen MR) is 65.4 cm³/mol. The summed E-state index contributed by atoms with van der Waals surface area (Å²) in [5.74, 6) is 0.668. The Kier molecular flexibility index (Phi) is 3.63. The summed E-state index contributed by atoms with van der Waals surface area (Å²) < 4.78 is 5.29. The number of anilines is 1. The number of nitrogens with zero attached hydrogens (tertiary/aromatic N) is 2. The molecule has 1 aliphatic heterocycles. The second-order valence-corrected chi connectivity index (χ2v) is 4.13. The Morgan fingerprint density at radius 2 is 2.25 bits per heavy atom. The van der Waals surface area contributed by atoms with Crippen molar-refractivity contribution in [3.63, 3.8) is 0 Å². The molecule has 0 aromatic carbocycles. The predicted octanol–water partition coefficient (Wildman–Crippen LogP) is 0.702. The molecule has 5 nitrogen and oxygen atoms in total. The number of rotatable bonds is 3. The van der Waals surface area contributed by atoms with E-state index < -0.39 is 0 Å². The minimum atomic E-state index is 0.337. The van der Waals surface area contributed by atoms with Crippen molar-refractivity contribution in [2.24, 2.45) is 5.73 Å². The van der Waals surface area contributed by atoms with Crippen molar-refractivity contribution in [2.45, 2.75) is 18.9 Å². The van der Waals surface area contributed by atoms with Crippen LogP contribution in [0.5, 0.6) is 0 Å². The van der Waals surface area contributed by atoms with Crippen LogP contribution in [0, 0.1) is 0 Å². The van der Waals surface area contributed by atoms with E-state index in [1.165, 1.54) is 0 Å². The number of thiocarbonyl (C=S) groups is 1. The van der Waals surface area contributed by atoms with Gasteiger partial charge in [0.2, 0.25) is 0 Å². The molecule has 2 heterocycles. The maximum atomic E-state index is 5.62. The van der Waals surface area contributed by atoms with Gasteiger partial charge in [-0.1, -0.05) is 12.2 Å². The quantitative estimate of drug-likeness (QED) is 0.755. The minimum absolute atomic E-state index is 0.337. The molecule has 6 heteroatoms. The molecular weight excluding hydrogens is 224 g/mol. The molecule has 0 aliphatic carbocycles. The van der Waals surface area contributed by atoms with Crippen molar-refractivity contribution in [3.05, 3.63) is 17.8 Å². The molecule has 0 saturated carbocycles. The first-order chi connectivity index (χ1) is 7.77. The Morgan fingerprint density at radius 1 is 1.50 bits per heavy atom. The summed E-state index contributed by atoms with van der Waals surface area (Å²) in [5, 5.41) is 11.2. The van der Waals surface area contributed by atoms with Crippen LogP contribution in [0.3, 0.4) is 0 Å². The van der Waals surface area contributed by atoms with Crippen LogP contribution in [-0.2, 0) is 4.74 Å². The van der Waals surface area contributed by atoms with Crippen LogP contribution in [0.25, 0.3) is 0 Å². The molecule has 1 aromatic heterocycles. The van der Waals surface area contributed by atoms with Crippen LogP contribution in [0.15, 0.2) is 12.3 Å². The molecule has 2 rings (SSSR count). The zero-order valence-electron chi connectivity index (χ0n) is 8.85. The average Bonchev–Trinajstić information content (AvgIpc) is 2.31. The fourth-order valence-corrected chi connectivity index (χ4v) is 1.84. The molecule has 1 aliphatic rings. The van der Waals surface area contributed by atoms with Gasteiger partial charge in [0.1, 0.15) is 4.99 Å². The zero-order valence-corrected chi connectivity index (χ0v) is 9.67. The first kappa shape index (κ1) is 11.2. The van der Waals surface area contributed by atoms with Gasteiger partial charge < -0.3 is 15.8 Å². The van der Waals surface area contributed by atoms with Gasteiger partial charge in [-0.25, -0.2) is 0 Å². The van der Waals surface area contributed by atoms with Crippen molar-refractivity contribution < 1.29 is 4.74 Å². The summed E-state index contributed by atoms with van der Waals surface area (Å²) in [5.41, 5.74) is 6.37.